The van der Waals surface area contributed by atoms with Crippen molar-refractivity contribution in [1.82, 2.24) is 5.32 Å². The van der Waals surface area contributed by atoms with Crippen LogP contribution in [0.1, 0.15) is 40.5 Å². The minimum atomic E-state index is -0.253. The van der Waals surface area contributed by atoms with Crippen molar-refractivity contribution >= 4 is 5.97 Å². The Hall–Kier alpha value is -0.830. The third-order valence-corrected chi connectivity index (χ3v) is 3.11. The first-order valence-corrected chi connectivity index (χ1v) is 6.05. The van der Waals surface area contributed by atoms with Gasteiger partial charge in [-0.1, -0.05) is 32.8 Å². The van der Waals surface area contributed by atoms with Crippen LogP contribution >= 0.6 is 0 Å². The van der Waals surface area contributed by atoms with Gasteiger partial charge in [0.15, 0.2) is 0 Å². The van der Waals surface area contributed by atoms with Crippen LogP contribution in [-0.4, -0.2) is 25.7 Å². The van der Waals surface area contributed by atoms with Crippen LogP contribution in [0.5, 0.6) is 0 Å². The standard InChI is InChI=1S/C13H25NO2/c1-6-12(7-2)11(4)14-9-8-10(3)13(15)16-5/h8,11-12,14H,6-7,9H2,1-5H3/b10-8-. The number of hydrogen-bond donors (Lipinski definition) is 1. The molecule has 0 aromatic rings. The summed E-state index contributed by atoms with van der Waals surface area (Å²) in [6.07, 6.45) is 4.25. The molecule has 0 fully saturated rings. The van der Waals surface area contributed by atoms with Gasteiger partial charge in [-0.2, -0.15) is 0 Å². The number of nitrogens with one attached hydrogen (secondary N) is 1. The minimum Gasteiger partial charge on any atom is -0.466 e. The van der Waals surface area contributed by atoms with Gasteiger partial charge in [-0.05, 0) is 19.8 Å². The maximum atomic E-state index is 11.1. The number of methoxy groups -OCH3 is 1. The summed E-state index contributed by atoms with van der Waals surface area (Å²) in [5.74, 6) is 0.448. The lowest BCUT2D eigenvalue weighted by molar-refractivity contribution is -0.136. The molecule has 1 N–H and O–H groups in total. The van der Waals surface area contributed by atoms with E-state index >= 15 is 0 Å². The highest BCUT2D eigenvalue weighted by atomic mass is 16.5. The van der Waals surface area contributed by atoms with Crippen LogP contribution < -0.4 is 5.32 Å². The second-order valence-electron chi connectivity index (χ2n) is 4.15. The summed E-state index contributed by atoms with van der Waals surface area (Å²) >= 11 is 0. The topological polar surface area (TPSA) is 38.3 Å². The molecule has 3 nitrogen and oxygen atoms in total. The maximum absolute atomic E-state index is 11.1. The van der Waals surface area contributed by atoms with E-state index in [0.29, 0.717) is 17.5 Å². The molecule has 1 atom stereocenters. The molecule has 0 rings (SSSR count). The van der Waals surface area contributed by atoms with Crippen LogP contribution in [0.15, 0.2) is 11.6 Å². The molecular weight excluding hydrogens is 202 g/mol. The molecule has 0 saturated carbocycles. The van der Waals surface area contributed by atoms with Gasteiger partial charge in [0.1, 0.15) is 0 Å². The minimum absolute atomic E-state index is 0.253. The Morgan fingerprint density at radius 2 is 1.94 bits per heavy atom. The van der Waals surface area contributed by atoms with E-state index in [1.165, 1.54) is 20.0 Å². The van der Waals surface area contributed by atoms with Gasteiger partial charge in [-0.25, -0.2) is 4.79 Å². The number of hydrogen-bond acceptors (Lipinski definition) is 3. The number of carbonyl (C=O) groups excluding carboxylic acids is 1. The predicted octanol–water partition coefficient (Wildman–Crippen LogP) is 2.52. The summed E-state index contributed by atoms with van der Waals surface area (Å²) in [6, 6.07) is 0.483. The third-order valence-electron chi connectivity index (χ3n) is 3.11. The largest absolute Gasteiger partial charge is 0.466 e. The van der Waals surface area contributed by atoms with Gasteiger partial charge < -0.3 is 10.1 Å². The smallest absolute Gasteiger partial charge is 0.333 e. The highest BCUT2D eigenvalue weighted by molar-refractivity contribution is 5.87. The van der Waals surface area contributed by atoms with E-state index < -0.39 is 0 Å². The van der Waals surface area contributed by atoms with Crippen molar-refractivity contribution in [3.63, 3.8) is 0 Å². The van der Waals surface area contributed by atoms with Gasteiger partial charge in [-0.15, -0.1) is 0 Å². The highest BCUT2D eigenvalue weighted by Gasteiger charge is 2.11. The van der Waals surface area contributed by atoms with Crippen LogP contribution in [0.2, 0.25) is 0 Å². The van der Waals surface area contributed by atoms with Crippen LogP contribution in [0, 0.1) is 5.92 Å². The van der Waals surface area contributed by atoms with Crippen molar-refractivity contribution < 1.29 is 9.53 Å². The Kier molecular flexibility index (Phi) is 7.90. The summed E-state index contributed by atoms with van der Waals surface area (Å²) in [4.78, 5) is 11.1. The van der Waals surface area contributed by atoms with Crippen molar-refractivity contribution in [3.05, 3.63) is 11.6 Å². The predicted molar refractivity (Wildman–Crippen MR) is 67.3 cm³/mol. The van der Waals surface area contributed by atoms with Crippen LogP contribution in [0.4, 0.5) is 0 Å². The fourth-order valence-corrected chi connectivity index (χ4v) is 1.80. The van der Waals surface area contributed by atoms with Gasteiger partial charge in [0.25, 0.3) is 0 Å². The first-order chi connectivity index (χ1) is 7.56. The van der Waals surface area contributed by atoms with E-state index in [1.54, 1.807) is 6.92 Å². The molecule has 0 aromatic heterocycles. The van der Waals surface area contributed by atoms with Crippen LogP contribution in [0.3, 0.4) is 0 Å². The second-order valence-corrected chi connectivity index (χ2v) is 4.15. The van der Waals surface area contributed by atoms with Crippen molar-refractivity contribution in [2.45, 2.75) is 46.6 Å². The monoisotopic (exact) mass is 227 g/mol. The van der Waals surface area contributed by atoms with E-state index in [4.69, 9.17) is 0 Å². The van der Waals surface area contributed by atoms with Gasteiger partial charge >= 0.3 is 5.97 Å². The molecule has 3 heteroatoms. The molecule has 0 saturated heterocycles. The number of rotatable bonds is 7. The Bertz CT molecular complexity index is 232. The molecule has 0 heterocycles. The lowest BCUT2D eigenvalue weighted by Crippen LogP contribution is -2.33. The summed E-state index contributed by atoms with van der Waals surface area (Å²) in [7, 11) is 1.40. The Labute approximate surface area is 99.3 Å². The quantitative estimate of drug-likeness (QED) is 0.536. The van der Waals surface area contributed by atoms with Gasteiger partial charge in [0.05, 0.1) is 7.11 Å². The molecule has 16 heavy (non-hydrogen) atoms. The van der Waals surface area contributed by atoms with E-state index in [-0.39, 0.29) is 5.97 Å². The first-order valence-electron chi connectivity index (χ1n) is 6.05. The molecule has 0 spiro atoms. The zero-order chi connectivity index (χ0) is 12.6. The lowest BCUT2D eigenvalue weighted by atomic mass is 9.95. The first kappa shape index (κ1) is 15.2. The van der Waals surface area contributed by atoms with Crippen molar-refractivity contribution in [2.24, 2.45) is 5.92 Å². The van der Waals surface area contributed by atoms with E-state index in [9.17, 15) is 4.79 Å². The number of esters is 1. The molecule has 1 unspecified atom stereocenters. The molecule has 0 radical (unpaired) electrons. The molecule has 0 aliphatic carbocycles. The second kappa shape index (κ2) is 8.34. The van der Waals surface area contributed by atoms with Crippen LogP contribution in [0.25, 0.3) is 0 Å². The molecule has 0 aromatic carbocycles. The normalized spacial score (nSPS) is 14.0. The van der Waals surface area contributed by atoms with Crippen LogP contribution in [-0.2, 0) is 9.53 Å². The Balaban J connectivity index is 4.01. The number of carbonyl (C=O) groups is 1. The fourth-order valence-electron chi connectivity index (χ4n) is 1.80. The third kappa shape index (κ3) is 5.31. The van der Waals surface area contributed by atoms with E-state index in [0.717, 1.165) is 6.54 Å². The van der Waals surface area contributed by atoms with Crippen molar-refractivity contribution in [1.29, 1.82) is 0 Å². The average Bonchev–Trinajstić information content (AvgIpc) is 2.29. The highest BCUT2D eigenvalue weighted by Crippen LogP contribution is 2.12. The SMILES string of the molecule is CCC(CC)C(C)NC/C=C(/C)C(=O)OC. The Morgan fingerprint density at radius 1 is 1.38 bits per heavy atom. The molecule has 0 amide bonds. The molecular formula is C13H25NO2. The Morgan fingerprint density at radius 3 is 2.38 bits per heavy atom. The van der Waals surface area contributed by atoms with Gasteiger partial charge in [-0.3, -0.25) is 0 Å². The zero-order valence-corrected chi connectivity index (χ0v) is 11.2. The molecule has 0 bridgehead atoms. The van der Waals surface area contributed by atoms with Crippen molar-refractivity contribution in [3.8, 4) is 0 Å². The zero-order valence-electron chi connectivity index (χ0n) is 11.2. The summed E-state index contributed by atoms with van der Waals surface area (Å²) in [6.45, 7) is 9.11. The summed E-state index contributed by atoms with van der Waals surface area (Å²) in [5.41, 5.74) is 0.659. The molecule has 0 aliphatic heterocycles. The lowest BCUT2D eigenvalue weighted by Gasteiger charge is -2.21. The average molecular weight is 227 g/mol. The molecule has 0 aliphatic rings. The number of ether oxygens (including phenoxy) is 1. The summed E-state index contributed by atoms with van der Waals surface area (Å²) < 4.78 is 4.62. The summed E-state index contributed by atoms with van der Waals surface area (Å²) in [5, 5.41) is 3.41. The fraction of sp³-hybridized carbons (Fsp3) is 0.769. The van der Waals surface area contributed by atoms with E-state index in [2.05, 4.69) is 30.8 Å². The van der Waals surface area contributed by atoms with E-state index in [1.807, 2.05) is 6.08 Å². The van der Waals surface area contributed by atoms with Crippen molar-refractivity contribution in [2.75, 3.05) is 13.7 Å². The molecule has 94 valence electrons. The van der Waals surface area contributed by atoms with Gasteiger partial charge in [0, 0.05) is 18.2 Å². The maximum Gasteiger partial charge on any atom is 0.333 e. The van der Waals surface area contributed by atoms with Gasteiger partial charge in [0.2, 0.25) is 0 Å².